The molecule has 0 aliphatic rings. The number of amides is 2. The van der Waals surface area contributed by atoms with Gasteiger partial charge in [-0.05, 0) is 19.4 Å². The first-order valence-corrected chi connectivity index (χ1v) is 5.40. The molecule has 0 aromatic carbocycles. The van der Waals surface area contributed by atoms with Crippen LogP contribution >= 0.6 is 0 Å². The van der Waals surface area contributed by atoms with E-state index in [1.54, 1.807) is 0 Å². The van der Waals surface area contributed by atoms with Gasteiger partial charge in [-0.1, -0.05) is 19.8 Å². The minimum absolute atomic E-state index is 0.152. The summed E-state index contributed by atoms with van der Waals surface area (Å²) in [6, 6.07) is -0.532. The number of nitrogens with one attached hydrogen (secondary N) is 1. The first kappa shape index (κ1) is 13.9. The van der Waals surface area contributed by atoms with Crippen LogP contribution < -0.4 is 16.8 Å². The maximum absolute atomic E-state index is 11.3. The average molecular weight is 215 g/mol. The molecule has 0 radical (unpaired) electrons. The molecule has 15 heavy (non-hydrogen) atoms. The third kappa shape index (κ3) is 6.90. The smallest absolute Gasteiger partial charge is 0.239 e. The standard InChI is InChI=1S/C10H21N3O2/c1-2-3-5-8(10(12)15)13-9(14)6-4-7-11/h8H,2-7,11H2,1H3,(H2,12,15)(H,13,14). The molecular weight excluding hydrogens is 194 g/mol. The molecule has 5 N–H and O–H groups in total. The second-order valence-electron chi connectivity index (χ2n) is 3.56. The minimum Gasteiger partial charge on any atom is -0.368 e. The van der Waals surface area contributed by atoms with Crippen molar-refractivity contribution in [1.82, 2.24) is 5.32 Å². The fourth-order valence-electron chi connectivity index (χ4n) is 1.22. The van der Waals surface area contributed by atoms with Crippen LogP contribution in [-0.4, -0.2) is 24.4 Å². The molecule has 5 nitrogen and oxygen atoms in total. The van der Waals surface area contributed by atoms with Gasteiger partial charge in [0.2, 0.25) is 11.8 Å². The molecule has 0 spiro atoms. The number of hydrogen-bond donors (Lipinski definition) is 3. The Morgan fingerprint density at radius 2 is 2.00 bits per heavy atom. The molecule has 2 amide bonds. The Morgan fingerprint density at radius 1 is 1.33 bits per heavy atom. The van der Waals surface area contributed by atoms with E-state index in [4.69, 9.17) is 11.5 Å². The van der Waals surface area contributed by atoms with Crippen LogP contribution in [0.25, 0.3) is 0 Å². The molecule has 0 saturated heterocycles. The van der Waals surface area contributed by atoms with Crippen LogP contribution in [0.2, 0.25) is 0 Å². The van der Waals surface area contributed by atoms with Crippen LogP contribution in [0.5, 0.6) is 0 Å². The van der Waals surface area contributed by atoms with Gasteiger partial charge in [-0.2, -0.15) is 0 Å². The van der Waals surface area contributed by atoms with Gasteiger partial charge in [-0.3, -0.25) is 9.59 Å². The summed E-state index contributed by atoms with van der Waals surface area (Å²) in [6.45, 7) is 2.50. The molecule has 88 valence electrons. The van der Waals surface area contributed by atoms with Gasteiger partial charge in [0.15, 0.2) is 0 Å². The summed E-state index contributed by atoms with van der Waals surface area (Å²) in [5.41, 5.74) is 10.5. The van der Waals surface area contributed by atoms with Gasteiger partial charge in [-0.15, -0.1) is 0 Å². The Kier molecular flexibility index (Phi) is 7.62. The van der Waals surface area contributed by atoms with E-state index in [0.29, 0.717) is 25.8 Å². The Labute approximate surface area is 90.6 Å². The Hall–Kier alpha value is -1.10. The summed E-state index contributed by atoms with van der Waals surface area (Å²) in [6.07, 6.45) is 3.45. The highest BCUT2D eigenvalue weighted by molar-refractivity contribution is 5.86. The van der Waals surface area contributed by atoms with Crippen LogP contribution in [-0.2, 0) is 9.59 Å². The fraction of sp³-hybridized carbons (Fsp3) is 0.800. The molecule has 0 aliphatic carbocycles. The molecule has 1 atom stereocenters. The van der Waals surface area contributed by atoms with Gasteiger partial charge in [0.1, 0.15) is 6.04 Å². The highest BCUT2D eigenvalue weighted by Crippen LogP contribution is 2.00. The highest BCUT2D eigenvalue weighted by Gasteiger charge is 2.16. The quantitative estimate of drug-likeness (QED) is 0.526. The molecule has 0 aromatic heterocycles. The zero-order valence-electron chi connectivity index (χ0n) is 9.29. The number of primary amides is 1. The monoisotopic (exact) mass is 215 g/mol. The van der Waals surface area contributed by atoms with Crippen LogP contribution in [0.3, 0.4) is 0 Å². The minimum atomic E-state index is -0.532. The van der Waals surface area contributed by atoms with Crippen molar-refractivity contribution in [3.63, 3.8) is 0 Å². The lowest BCUT2D eigenvalue weighted by molar-refractivity contribution is -0.127. The summed E-state index contributed by atoms with van der Waals surface area (Å²) < 4.78 is 0. The number of hydrogen-bond acceptors (Lipinski definition) is 3. The van der Waals surface area contributed by atoms with Crippen molar-refractivity contribution < 1.29 is 9.59 Å². The second kappa shape index (κ2) is 8.23. The molecule has 0 heterocycles. The van der Waals surface area contributed by atoms with Crippen LogP contribution in [0, 0.1) is 0 Å². The first-order valence-electron chi connectivity index (χ1n) is 5.40. The van der Waals surface area contributed by atoms with E-state index >= 15 is 0 Å². The first-order chi connectivity index (χ1) is 7.11. The van der Waals surface area contributed by atoms with Crippen LogP contribution in [0.4, 0.5) is 0 Å². The zero-order chi connectivity index (χ0) is 11.7. The number of carbonyl (C=O) groups excluding carboxylic acids is 2. The van der Waals surface area contributed by atoms with Gasteiger partial charge in [0.05, 0.1) is 0 Å². The molecule has 0 rings (SSSR count). The van der Waals surface area contributed by atoms with Crippen molar-refractivity contribution in [1.29, 1.82) is 0 Å². The van der Waals surface area contributed by atoms with Gasteiger partial charge in [0.25, 0.3) is 0 Å². The van der Waals surface area contributed by atoms with E-state index in [2.05, 4.69) is 5.32 Å². The Morgan fingerprint density at radius 3 is 2.47 bits per heavy atom. The summed E-state index contributed by atoms with van der Waals surface area (Å²) in [5, 5.41) is 2.62. The third-order valence-electron chi connectivity index (χ3n) is 2.13. The normalized spacial score (nSPS) is 12.1. The summed E-state index contributed by atoms with van der Waals surface area (Å²) in [7, 11) is 0. The van der Waals surface area contributed by atoms with Crippen molar-refractivity contribution in [3.05, 3.63) is 0 Å². The molecule has 0 aromatic rings. The van der Waals surface area contributed by atoms with Gasteiger partial charge in [-0.25, -0.2) is 0 Å². The summed E-state index contributed by atoms with van der Waals surface area (Å²) in [4.78, 5) is 22.3. The maximum Gasteiger partial charge on any atom is 0.239 e. The largest absolute Gasteiger partial charge is 0.368 e. The molecule has 0 bridgehead atoms. The number of carbonyl (C=O) groups is 2. The SMILES string of the molecule is CCCCC(NC(=O)CCCN)C(N)=O. The fourth-order valence-corrected chi connectivity index (χ4v) is 1.22. The van der Waals surface area contributed by atoms with E-state index in [1.165, 1.54) is 0 Å². The molecule has 0 saturated carbocycles. The molecular formula is C10H21N3O2. The predicted molar refractivity (Wildman–Crippen MR) is 58.9 cm³/mol. The van der Waals surface area contributed by atoms with Crippen molar-refractivity contribution in [2.24, 2.45) is 11.5 Å². The van der Waals surface area contributed by atoms with Crippen LogP contribution in [0.15, 0.2) is 0 Å². The van der Waals surface area contributed by atoms with Gasteiger partial charge < -0.3 is 16.8 Å². The lowest BCUT2D eigenvalue weighted by Gasteiger charge is -2.14. The Balaban J connectivity index is 3.93. The lowest BCUT2D eigenvalue weighted by atomic mass is 10.1. The third-order valence-corrected chi connectivity index (χ3v) is 2.13. The topological polar surface area (TPSA) is 98.2 Å². The number of rotatable bonds is 8. The number of nitrogens with two attached hydrogens (primary N) is 2. The van der Waals surface area contributed by atoms with E-state index in [9.17, 15) is 9.59 Å². The summed E-state index contributed by atoms with van der Waals surface area (Å²) in [5.74, 6) is -0.620. The second-order valence-corrected chi connectivity index (χ2v) is 3.56. The average Bonchev–Trinajstić information content (AvgIpc) is 2.20. The van der Waals surface area contributed by atoms with E-state index in [1.807, 2.05) is 6.92 Å². The van der Waals surface area contributed by atoms with E-state index in [-0.39, 0.29) is 5.91 Å². The predicted octanol–water partition coefficient (Wildman–Crippen LogP) is -0.114. The molecule has 1 unspecified atom stereocenters. The van der Waals surface area contributed by atoms with Gasteiger partial charge >= 0.3 is 0 Å². The van der Waals surface area contributed by atoms with Gasteiger partial charge in [0, 0.05) is 6.42 Å². The number of unbranched alkanes of at least 4 members (excludes halogenated alkanes) is 1. The van der Waals surface area contributed by atoms with E-state index in [0.717, 1.165) is 12.8 Å². The van der Waals surface area contributed by atoms with Crippen LogP contribution in [0.1, 0.15) is 39.0 Å². The molecule has 5 heteroatoms. The van der Waals surface area contributed by atoms with Crippen molar-refractivity contribution in [2.75, 3.05) is 6.54 Å². The van der Waals surface area contributed by atoms with Crippen molar-refractivity contribution in [3.8, 4) is 0 Å². The zero-order valence-corrected chi connectivity index (χ0v) is 9.29. The highest BCUT2D eigenvalue weighted by atomic mass is 16.2. The summed E-state index contributed by atoms with van der Waals surface area (Å²) >= 11 is 0. The Bertz CT molecular complexity index is 207. The molecule has 0 aliphatic heterocycles. The van der Waals surface area contributed by atoms with Crippen molar-refractivity contribution >= 4 is 11.8 Å². The molecule has 0 fully saturated rings. The lowest BCUT2D eigenvalue weighted by Crippen LogP contribution is -2.44. The van der Waals surface area contributed by atoms with Crippen molar-refractivity contribution in [2.45, 2.75) is 45.1 Å². The van der Waals surface area contributed by atoms with E-state index < -0.39 is 11.9 Å². The maximum atomic E-state index is 11.3.